The van der Waals surface area contributed by atoms with E-state index in [1.807, 2.05) is 0 Å². The van der Waals surface area contributed by atoms with Crippen LogP contribution in [0.3, 0.4) is 0 Å². The van der Waals surface area contributed by atoms with Gasteiger partial charge in [0, 0.05) is 13.2 Å². The van der Waals surface area contributed by atoms with Gasteiger partial charge in [-0.05, 0) is 0 Å². The Morgan fingerprint density at radius 1 is 1.70 bits per heavy atom. The van der Waals surface area contributed by atoms with E-state index in [0.29, 0.717) is 0 Å². The predicted octanol–water partition coefficient (Wildman–Crippen LogP) is -1.22. The first kappa shape index (κ1) is 9.31. The first-order valence-corrected chi connectivity index (χ1v) is 4.08. The largest absolute Gasteiger partial charge is 0.746 e. The van der Waals surface area contributed by atoms with Crippen LogP contribution in [-0.2, 0) is 13.6 Å². The second-order valence-electron chi connectivity index (χ2n) is 1.38. The van der Waals surface area contributed by atoms with Gasteiger partial charge in [0.1, 0.15) is 0 Å². The van der Waals surface area contributed by atoms with Crippen molar-refractivity contribution in [1.82, 2.24) is 0 Å². The van der Waals surface area contributed by atoms with Gasteiger partial charge in [-0.15, -0.1) is 0 Å². The van der Waals surface area contributed by atoms with Crippen LogP contribution in [0.15, 0.2) is 12.7 Å². The maximum absolute atomic E-state index is 10.3. The maximum atomic E-state index is 10.3. The molecule has 0 heterocycles. The van der Waals surface area contributed by atoms with Gasteiger partial charge < -0.3 is 18.4 Å². The van der Waals surface area contributed by atoms with Crippen LogP contribution in [0.1, 0.15) is 0 Å². The molecular formula is C4H8O5Si. The summed E-state index contributed by atoms with van der Waals surface area (Å²) in [4.78, 5) is 27.5. The highest BCUT2D eigenvalue weighted by molar-refractivity contribution is 6.52. The Kier molecular flexibility index (Phi) is 3.23. The summed E-state index contributed by atoms with van der Waals surface area (Å²) in [5, 5.41) is 0. The highest BCUT2D eigenvalue weighted by Crippen LogP contribution is 1.95. The molecule has 5 nitrogen and oxygen atoms in total. The first-order chi connectivity index (χ1) is 4.52. The number of hydrogen-bond acceptors (Lipinski definition) is 5. The molecule has 0 aliphatic carbocycles. The molecule has 0 amide bonds. The van der Waals surface area contributed by atoms with Crippen molar-refractivity contribution in [2.24, 2.45) is 0 Å². The lowest BCUT2D eigenvalue weighted by Gasteiger charge is -2.11. The Morgan fingerprint density at radius 2 is 2.20 bits per heavy atom. The molecule has 0 aliphatic heterocycles. The second-order valence-corrected chi connectivity index (χ2v) is 3.09. The number of carbonyl (C=O) groups is 1. The molecule has 0 radical (unpaired) electrons. The van der Waals surface area contributed by atoms with Crippen molar-refractivity contribution >= 4 is 15.0 Å². The Labute approximate surface area is 59.0 Å². The topological polar surface area (TPSA) is 76.0 Å². The lowest BCUT2D eigenvalue weighted by Crippen LogP contribution is -2.43. The molecule has 0 aliphatic rings. The number of hydrogen-bond donors (Lipinski definition) is 2. The Hall–Kier alpha value is -0.693. The van der Waals surface area contributed by atoms with Crippen molar-refractivity contribution in [2.75, 3.05) is 7.11 Å². The maximum Gasteiger partial charge on any atom is 0.746 e. The fourth-order valence-electron chi connectivity index (χ4n) is 0.214. The fourth-order valence-corrected chi connectivity index (χ4v) is 0.643. The Balaban J connectivity index is 3.87. The van der Waals surface area contributed by atoms with E-state index in [0.717, 1.165) is 13.2 Å². The van der Waals surface area contributed by atoms with Gasteiger partial charge in [0.2, 0.25) is 0 Å². The molecule has 0 aromatic heterocycles. The SMILES string of the molecule is C=CC(=O)O[Si](O)(O)OC. The molecule has 0 aromatic carbocycles. The van der Waals surface area contributed by atoms with Gasteiger partial charge in [-0.2, -0.15) is 0 Å². The zero-order valence-electron chi connectivity index (χ0n) is 5.40. The molecule has 0 spiro atoms. The molecule has 6 heteroatoms. The summed E-state index contributed by atoms with van der Waals surface area (Å²) in [5.41, 5.74) is 0. The smallest absolute Gasteiger partial charge is 0.449 e. The van der Waals surface area contributed by atoms with E-state index in [-0.39, 0.29) is 0 Å². The molecule has 58 valence electrons. The van der Waals surface area contributed by atoms with Crippen LogP contribution in [-0.4, -0.2) is 31.7 Å². The van der Waals surface area contributed by atoms with E-state index < -0.39 is 15.0 Å². The summed E-state index contributed by atoms with van der Waals surface area (Å²) in [6, 6.07) is 0. The molecule has 0 bridgehead atoms. The third kappa shape index (κ3) is 3.36. The average Bonchev–Trinajstić information content (AvgIpc) is 1.87. The normalized spacial score (nSPS) is 10.7. The first-order valence-electron chi connectivity index (χ1n) is 2.37. The van der Waals surface area contributed by atoms with Crippen molar-refractivity contribution in [3.8, 4) is 0 Å². The molecular weight excluding hydrogens is 156 g/mol. The molecule has 0 fully saturated rings. The summed E-state index contributed by atoms with van der Waals surface area (Å²) in [5.74, 6) is -0.918. The van der Waals surface area contributed by atoms with Crippen LogP contribution in [0.5, 0.6) is 0 Å². The van der Waals surface area contributed by atoms with Gasteiger partial charge in [-0.3, -0.25) is 0 Å². The molecule has 0 saturated carbocycles. The Bertz CT molecular complexity index is 143. The molecule has 0 saturated heterocycles. The third-order valence-corrected chi connectivity index (χ3v) is 1.67. The van der Waals surface area contributed by atoms with E-state index in [1.165, 1.54) is 0 Å². The molecule has 10 heavy (non-hydrogen) atoms. The molecule has 0 unspecified atom stereocenters. The minimum absolute atomic E-state index is 0.813. The molecule has 0 aromatic rings. The molecule has 0 atom stereocenters. The minimum Gasteiger partial charge on any atom is -0.449 e. The van der Waals surface area contributed by atoms with Crippen molar-refractivity contribution in [2.45, 2.75) is 0 Å². The van der Waals surface area contributed by atoms with E-state index in [9.17, 15) is 4.79 Å². The van der Waals surface area contributed by atoms with E-state index >= 15 is 0 Å². The molecule has 0 rings (SSSR count). The summed E-state index contributed by atoms with van der Waals surface area (Å²) in [6.45, 7) is 3.05. The van der Waals surface area contributed by atoms with Crippen LogP contribution in [0.4, 0.5) is 0 Å². The fraction of sp³-hybridized carbons (Fsp3) is 0.250. The second kappa shape index (κ2) is 3.47. The summed E-state index contributed by atoms with van der Waals surface area (Å²) in [6.07, 6.45) is 0.813. The highest BCUT2D eigenvalue weighted by atomic mass is 28.4. The van der Waals surface area contributed by atoms with E-state index in [4.69, 9.17) is 9.59 Å². The van der Waals surface area contributed by atoms with Crippen LogP contribution in [0, 0.1) is 0 Å². The monoisotopic (exact) mass is 164 g/mol. The van der Waals surface area contributed by atoms with Gasteiger partial charge in [0.25, 0.3) is 0 Å². The van der Waals surface area contributed by atoms with Crippen molar-refractivity contribution < 1.29 is 23.2 Å². The van der Waals surface area contributed by atoms with Crippen LogP contribution >= 0.6 is 0 Å². The number of carbonyl (C=O) groups excluding carboxylic acids is 1. The van der Waals surface area contributed by atoms with Gasteiger partial charge in [-0.25, -0.2) is 4.79 Å². The quantitative estimate of drug-likeness (QED) is 0.404. The standard InChI is InChI=1S/C4H8O5Si/c1-3-4(5)9-10(6,7)8-2/h3,6-7H,1H2,2H3. The third-order valence-electron chi connectivity index (χ3n) is 0.666. The van der Waals surface area contributed by atoms with Gasteiger partial charge in [0.05, 0.1) is 0 Å². The van der Waals surface area contributed by atoms with Crippen LogP contribution in [0.2, 0.25) is 0 Å². The lowest BCUT2D eigenvalue weighted by molar-refractivity contribution is -0.135. The van der Waals surface area contributed by atoms with E-state index in [1.54, 1.807) is 0 Å². The van der Waals surface area contributed by atoms with E-state index in [2.05, 4.69) is 15.4 Å². The number of rotatable bonds is 3. The van der Waals surface area contributed by atoms with Gasteiger partial charge >= 0.3 is 15.0 Å². The average molecular weight is 164 g/mol. The predicted molar refractivity (Wildman–Crippen MR) is 33.5 cm³/mol. The summed E-state index contributed by atoms with van der Waals surface area (Å²) in [7, 11) is -3.15. The zero-order valence-corrected chi connectivity index (χ0v) is 6.40. The van der Waals surface area contributed by atoms with Crippen molar-refractivity contribution in [3.63, 3.8) is 0 Å². The molecule has 2 N–H and O–H groups in total. The van der Waals surface area contributed by atoms with Gasteiger partial charge in [-0.1, -0.05) is 6.58 Å². The lowest BCUT2D eigenvalue weighted by atomic mass is 10.7. The van der Waals surface area contributed by atoms with Gasteiger partial charge in [0.15, 0.2) is 0 Å². The van der Waals surface area contributed by atoms with Crippen molar-refractivity contribution in [1.29, 1.82) is 0 Å². The summed E-state index contributed by atoms with van der Waals surface area (Å²) >= 11 is 0. The summed E-state index contributed by atoms with van der Waals surface area (Å²) < 4.78 is 8.08. The Morgan fingerprint density at radius 3 is 2.50 bits per heavy atom. The van der Waals surface area contributed by atoms with Crippen LogP contribution < -0.4 is 0 Å². The van der Waals surface area contributed by atoms with Crippen LogP contribution in [0.25, 0.3) is 0 Å². The van der Waals surface area contributed by atoms with Crippen molar-refractivity contribution in [3.05, 3.63) is 12.7 Å². The highest BCUT2D eigenvalue weighted by Gasteiger charge is 2.39. The minimum atomic E-state index is -4.18. The zero-order chi connectivity index (χ0) is 8.20.